The predicted octanol–water partition coefficient (Wildman–Crippen LogP) is 1.40. The molecule has 1 saturated carbocycles. The van der Waals surface area contributed by atoms with Crippen LogP contribution in [0, 0.1) is 11.6 Å². The normalized spacial score (nSPS) is 26.4. The Morgan fingerprint density at radius 1 is 1.37 bits per heavy atom. The average Bonchev–Trinajstić information content (AvgIpc) is 2.87. The lowest BCUT2D eigenvalue weighted by Crippen LogP contribution is -2.49. The Hall–Kier alpha value is -1.47. The number of pyridine rings is 1. The molecule has 1 aromatic rings. The molecule has 1 aliphatic carbocycles. The molecule has 2 atom stereocenters. The van der Waals surface area contributed by atoms with Crippen molar-refractivity contribution in [3.63, 3.8) is 0 Å². The zero-order valence-corrected chi connectivity index (χ0v) is 10.4. The van der Waals surface area contributed by atoms with Crippen LogP contribution < -0.4 is 16.2 Å². The van der Waals surface area contributed by atoms with Gasteiger partial charge in [-0.15, -0.1) is 0 Å². The number of hydrogen-bond acceptors (Lipinski definition) is 5. The standard InChI is InChI=1S/C12H16F2N4O/c13-7-6-8(14)12(16-11(7)17-15)18-4-5-19-10-3-1-2-9(10)18/h6,9-10H,1-5,15H2,(H,16,17). The second-order valence-corrected chi connectivity index (χ2v) is 4.87. The molecule has 7 heteroatoms. The van der Waals surface area contributed by atoms with Crippen LogP contribution in [0.1, 0.15) is 19.3 Å². The molecule has 2 aliphatic rings. The van der Waals surface area contributed by atoms with Crippen LogP contribution in [-0.4, -0.2) is 30.3 Å². The molecule has 1 saturated heterocycles. The fourth-order valence-electron chi connectivity index (χ4n) is 2.95. The number of hydrogen-bond donors (Lipinski definition) is 2. The predicted molar refractivity (Wildman–Crippen MR) is 66.7 cm³/mol. The number of nitrogen functional groups attached to an aromatic ring is 1. The van der Waals surface area contributed by atoms with Crippen LogP contribution in [-0.2, 0) is 4.74 Å². The number of aromatic nitrogens is 1. The summed E-state index contributed by atoms with van der Waals surface area (Å²) in [6.45, 7) is 1.09. The smallest absolute Gasteiger partial charge is 0.178 e. The number of fused-ring (bicyclic) bond motifs is 1. The third-order valence-electron chi connectivity index (χ3n) is 3.80. The summed E-state index contributed by atoms with van der Waals surface area (Å²) in [6, 6.07) is 0.934. The molecule has 0 aromatic carbocycles. The molecule has 1 aliphatic heterocycles. The number of nitrogens with one attached hydrogen (secondary N) is 1. The largest absolute Gasteiger partial charge is 0.374 e. The van der Waals surface area contributed by atoms with E-state index in [2.05, 4.69) is 10.4 Å². The summed E-state index contributed by atoms with van der Waals surface area (Å²) >= 11 is 0. The summed E-state index contributed by atoms with van der Waals surface area (Å²) in [5.41, 5.74) is 2.15. The van der Waals surface area contributed by atoms with Crippen LogP contribution >= 0.6 is 0 Å². The lowest BCUT2D eigenvalue weighted by atomic mass is 10.1. The number of nitrogens with zero attached hydrogens (tertiary/aromatic N) is 2. The van der Waals surface area contributed by atoms with Crippen LogP contribution in [0.5, 0.6) is 0 Å². The van der Waals surface area contributed by atoms with Gasteiger partial charge in [-0.2, -0.15) is 0 Å². The summed E-state index contributed by atoms with van der Waals surface area (Å²) < 4.78 is 33.0. The molecule has 0 radical (unpaired) electrons. The van der Waals surface area contributed by atoms with Crippen molar-refractivity contribution in [2.75, 3.05) is 23.5 Å². The molecule has 3 rings (SSSR count). The number of ether oxygens (including phenoxy) is 1. The highest BCUT2D eigenvalue weighted by atomic mass is 19.1. The molecule has 1 aromatic heterocycles. The van der Waals surface area contributed by atoms with E-state index in [-0.39, 0.29) is 23.8 Å². The van der Waals surface area contributed by atoms with Gasteiger partial charge in [-0.1, -0.05) is 0 Å². The molecule has 2 unspecified atom stereocenters. The van der Waals surface area contributed by atoms with E-state index in [0.717, 1.165) is 25.3 Å². The van der Waals surface area contributed by atoms with Crippen molar-refractivity contribution in [3.8, 4) is 0 Å². The van der Waals surface area contributed by atoms with E-state index in [4.69, 9.17) is 10.6 Å². The highest BCUT2D eigenvalue weighted by Gasteiger charge is 2.37. The first kappa shape index (κ1) is 12.6. The fourth-order valence-corrected chi connectivity index (χ4v) is 2.95. The van der Waals surface area contributed by atoms with Gasteiger partial charge in [0.25, 0.3) is 0 Å². The highest BCUT2D eigenvalue weighted by Crippen LogP contribution is 2.34. The maximum atomic E-state index is 14.0. The minimum atomic E-state index is -0.792. The van der Waals surface area contributed by atoms with E-state index < -0.39 is 11.6 Å². The average molecular weight is 270 g/mol. The van der Waals surface area contributed by atoms with Gasteiger partial charge in [-0.05, 0) is 19.3 Å². The van der Waals surface area contributed by atoms with Crippen molar-refractivity contribution >= 4 is 11.6 Å². The first-order valence-corrected chi connectivity index (χ1v) is 6.41. The molecule has 0 spiro atoms. The maximum Gasteiger partial charge on any atom is 0.178 e. The van der Waals surface area contributed by atoms with E-state index in [0.29, 0.717) is 13.2 Å². The van der Waals surface area contributed by atoms with E-state index in [1.165, 1.54) is 0 Å². The van der Waals surface area contributed by atoms with Gasteiger partial charge >= 0.3 is 0 Å². The molecule has 2 fully saturated rings. The van der Waals surface area contributed by atoms with Crippen molar-refractivity contribution in [1.82, 2.24) is 4.98 Å². The van der Waals surface area contributed by atoms with Crippen molar-refractivity contribution in [2.24, 2.45) is 5.84 Å². The van der Waals surface area contributed by atoms with Gasteiger partial charge < -0.3 is 15.1 Å². The quantitative estimate of drug-likeness (QED) is 0.628. The molecule has 104 valence electrons. The maximum absolute atomic E-state index is 14.0. The monoisotopic (exact) mass is 270 g/mol. The van der Waals surface area contributed by atoms with Crippen LogP contribution in [0.3, 0.4) is 0 Å². The van der Waals surface area contributed by atoms with Gasteiger partial charge in [0.15, 0.2) is 23.3 Å². The third-order valence-corrected chi connectivity index (χ3v) is 3.80. The zero-order valence-electron chi connectivity index (χ0n) is 10.4. The highest BCUT2D eigenvalue weighted by molar-refractivity contribution is 5.50. The molecule has 0 amide bonds. The lowest BCUT2D eigenvalue weighted by Gasteiger charge is -2.38. The Morgan fingerprint density at radius 3 is 3.00 bits per heavy atom. The number of morpholine rings is 1. The van der Waals surface area contributed by atoms with Gasteiger partial charge in [-0.3, -0.25) is 0 Å². The van der Waals surface area contributed by atoms with Crippen molar-refractivity contribution in [2.45, 2.75) is 31.4 Å². The Kier molecular flexibility index (Phi) is 3.24. The van der Waals surface area contributed by atoms with Gasteiger partial charge in [0, 0.05) is 12.6 Å². The number of anilines is 2. The molecule has 19 heavy (non-hydrogen) atoms. The van der Waals surface area contributed by atoms with E-state index >= 15 is 0 Å². The zero-order chi connectivity index (χ0) is 13.4. The Bertz CT molecular complexity index is 485. The number of hydrazine groups is 1. The summed E-state index contributed by atoms with van der Waals surface area (Å²) in [5, 5.41) is 0. The molecular weight excluding hydrogens is 254 g/mol. The van der Waals surface area contributed by atoms with Crippen LogP contribution in [0.4, 0.5) is 20.4 Å². The minimum Gasteiger partial charge on any atom is -0.374 e. The molecule has 2 heterocycles. The van der Waals surface area contributed by atoms with Crippen molar-refractivity contribution in [3.05, 3.63) is 17.7 Å². The number of halogens is 2. The van der Waals surface area contributed by atoms with Gasteiger partial charge in [0.1, 0.15) is 0 Å². The first-order chi connectivity index (χ1) is 9.20. The Morgan fingerprint density at radius 2 is 2.21 bits per heavy atom. The second kappa shape index (κ2) is 4.90. The lowest BCUT2D eigenvalue weighted by molar-refractivity contribution is 0.0250. The molecular formula is C12H16F2N4O. The van der Waals surface area contributed by atoms with Crippen LogP contribution in [0.2, 0.25) is 0 Å². The molecule has 0 bridgehead atoms. The van der Waals surface area contributed by atoms with E-state index in [1.54, 1.807) is 0 Å². The van der Waals surface area contributed by atoms with Gasteiger partial charge in [0.2, 0.25) is 0 Å². The summed E-state index contributed by atoms with van der Waals surface area (Å²) in [4.78, 5) is 5.83. The topological polar surface area (TPSA) is 63.4 Å². The van der Waals surface area contributed by atoms with Gasteiger partial charge in [0.05, 0.1) is 18.8 Å². The second-order valence-electron chi connectivity index (χ2n) is 4.87. The van der Waals surface area contributed by atoms with E-state index in [1.807, 2.05) is 4.90 Å². The van der Waals surface area contributed by atoms with Crippen LogP contribution in [0.25, 0.3) is 0 Å². The Labute approximate surface area is 109 Å². The molecule has 3 N–H and O–H groups in total. The SMILES string of the molecule is NNc1nc(N2CCOC3CCCC32)c(F)cc1F. The number of rotatable bonds is 2. The summed E-state index contributed by atoms with van der Waals surface area (Å²) in [5.74, 6) is 3.74. The minimum absolute atomic E-state index is 0.117. The van der Waals surface area contributed by atoms with Crippen molar-refractivity contribution in [1.29, 1.82) is 0 Å². The molecule has 5 nitrogen and oxygen atoms in total. The van der Waals surface area contributed by atoms with Crippen LogP contribution in [0.15, 0.2) is 6.07 Å². The number of nitrogens with two attached hydrogens (primary N) is 1. The summed E-state index contributed by atoms with van der Waals surface area (Å²) in [6.07, 6.45) is 3.09. The first-order valence-electron chi connectivity index (χ1n) is 6.41. The fraction of sp³-hybridized carbons (Fsp3) is 0.583. The third kappa shape index (κ3) is 2.12. The van der Waals surface area contributed by atoms with E-state index in [9.17, 15) is 8.78 Å². The Balaban J connectivity index is 1.96. The van der Waals surface area contributed by atoms with Gasteiger partial charge in [-0.25, -0.2) is 19.6 Å². The summed E-state index contributed by atoms with van der Waals surface area (Å²) in [7, 11) is 0. The van der Waals surface area contributed by atoms with Crippen molar-refractivity contribution < 1.29 is 13.5 Å².